The number of alkyl halides is 2. The van der Waals surface area contributed by atoms with Crippen LogP contribution in [0.4, 0.5) is 18.7 Å². The van der Waals surface area contributed by atoms with Crippen molar-refractivity contribution in [2.75, 3.05) is 18.5 Å². The third kappa shape index (κ3) is 4.34. The number of fused-ring (bicyclic) bond motifs is 3. The van der Waals surface area contributed by atoms with Crippen LogP contribution in [0.25, 0.3) is 11.1 Å². The predicted molar refractivity (Wildman–Crippen MR) is 123 cm³/mol. The number of aliphatic carboxylic acids is 1. The summed E-state index contributed by atoms with van der Waals surface area (Å²) in [7, 11) is 0. The summed E-state index contributed by atoms with van der Waals surface area (Å²) in [6, 6.07) is 14.1. The molecule has 2 aliphatic rings. The molecule has 2 heterocycles. The highest BCUT2D eigenvalue weighted by molar-refractivity contribution is 7.14. The van der Waals surface area contributed by atoms with Crippen molar-refractivity contribution >= 4 is 34.4 Å². The third-order valence-electron chi connectivity index (χ3n) is 6.09. The van der Waals surface area contributed by atoms with E-state index in [2.05, 4.69) is 10.3 Å². The number of carbonyl (C=O) groups is 3. The summed E-state index contributed by atoms with van der Waals surface area (Å²) in [5.41, 5.74) is 4.06. The second-order valence-electron chi connectivity index (χ2n) is 8.34. The Kier molecular flexibility index (Phi) is 5.72. The molecular weight excluding hydrogens is 480 g/mol. The molecule has 3 aromatic rings. The van der Waals surface area contributed by atoms with Gasteiger partial charge in [0.15, 0.2) is 5.13 Å². The maximum Gasteiger partial charge on any atom is 0.413 e. The number of carboxylic acid groups (broad SMARTS) is 1. The van der Waals surface area contributed by atoms with Crippen LogP contribution in [-0.2, 0) is 9.53 Å². The number of carboxylic acids is 1. The molecule has 1 aliphatic carbocycles. The van der Waals surface area contributed by atoms with Crippen LogP contribution in [0.15, 0.2) is 53.9 Å². The number of nitrogens with zero attached hydrogens (tertiary/aromatic N) is 2. The highest BCUT2D eigenvalue weighted by atomic mass is 32.1. The lowest BCUT2D eigenvalue weighted by Crippen LogP contribution is -2.40. The summed E-state index contributed by atoms with van der Waals surface area (Å²) in [6.07, 6.45) is -1.74. The second kappa shape index (κ2) is 8.73. The van der Waals surface area contributed by atoms with E-state index in [1.165, 1.54) is 5.38 Å². The highest BCUT2D eigenvalue weighted by Crippen LogP contribution is 2.44. The van der Waals surface area contributed by atoms with Gasteiger partial charge in [0, 0.05) is 17.7 Å². The van der Waals surface area contributed by atoms with Crippen molar-refractivity contribution in [3.05, 3.63) is 70.7 Å². The van der Waals surface area contributed by atoms with E-state index in [9.17, 15) is 28.3 Å². The smallest absolute Gasteiger partial charge is 0.413 e. The number of amides is 2. The Balaban J connectivity index is 1.23. The number of ether oxygens (including phenoxy) is 1. The molecule has 180 valence electrons. The number of hydrogen-bond donors (Lipinski definition) is 2. The Morgan fingerprint density at radius 1 is 1.11 bits per heavy atom. The number of likely N-dealkylation sites (tertiary alicyclic amines) is 1. The van der Waals surface area contributed by atoms with E-state index in [0.717, 1.165) is 33.6 Å². The molecule has 0 saturated carbocycles. The summed E-state index contributed by atoms with van der Waals surface area (Å²) in [6.45, 7) is -0.921. The molecule has 0 bridgehead atoms. The van der Waals surface area contributed by atoms with Crippen molar-refractivity contribution in [1.82, 2.24) is 9.88 Å². The molecule has 2 aromatic carbocycles. The highest BCUT2D eigenvalue weighted by Gasteiger charge is 2.50. The van der Waals surface area contributed by atoms with Gasteiger partial charge >= 0.3 is 12.1 Å². The molecular formula is C24H19F2N3O5S. The first-order valence-electron chi connectivity index (χ1n) is 10.7. The fourth-order valence-corrected chi connectivity index (χ4v) is 5.22. The van der Waals surface area contributed by atoms with Crippen molar-refractivity contribution in [3.63, 3.8) is 0 Å². The van der Waals surface area contributed by atoms with Crippen LogP contribution in [0, 0.1) is 0 Å². The van der Waals surface area contributed by atoms with Gasteiger partial charge in [-0.2, -0.15) is 0 Å². The average Bonchev–Trinajstić information content (AvgIpc) is 3.51. The van der Waals surface area contributed by atoms with Gasteiger partial charge in [-0.3, -0.25) is 10.1 Å². The number of nitrogens with one attached hydrogen (secondary N) is 1. The van der Waals surface area contributed by atoms with Gasteiger partial charge in [0.25, 0.3) is 11.8 Å². The first kappa shape index (κ1) is 22.9. The van der Waals surface area contributed by atoms with E-state index in [0.29, 0.717) is 4.90 Å². The van der Waals surface area contributed by atoms with Crippen molar-refractivity contribution in [2.24, 2.45) is 0 Å². The fraction of sp³-hybridized carbons (Fsp3) is 0.250. The molecule has 1 fully saturated rings. The molecule has 1 aromatic heterocycles. The summed E-state index contributed by atoms with van der Waals surface area (Å²) < 4.78 is 32.8. The molecule has 5 rings (SSSR count). The van der Waals surface area contributed by atoms with Crippen LogP contribution in [0.5, 0.6) is 0 Å². The molecule has 2 amide bonds. The van der Waals surface area contributed by atoms with Gasteiger partial charge in [-0.1, -0.05) is 48.5 Å². The van der Waals surface area contributed by atoms with E-state index in [4.69, 9.17) is 4.74 Å². The maximum absolute atomic E-state index is 13.7. The van der Waals surface area contributed by atoms with Crippen LogP contribution in [0.2, 0.25) is 0 Å². The topological polar surface area (TPSA) is 109 Å². The number of hydrogen-bond acceptors (Lipinski definition) is 6. The van der Waals surface area contributed by atoms with Crippen molar-refractivity contribution in [2.45, 2.75) is 24.3 Å². The minimum absolute atomic E-state index is 0.0309. The van der Waals surface area contributed by atoms with E-state index >= 15 is 0 Å². The lowest BCUT2D eigenvalue weighted by atomic mass is 9.98. The zero-order chi connectivity index (χ0) is 24.7. The largest absolute Gasteiger partial charge is 0.480 e. The summed E-state index contributed by atoms with van der Waals surface area (Å²) in [5.74, 6) is -5.88. The molecule has 0 radical (unpaired) electrons. The number of carbonyl (C=O) groups excluding carboxylic acids is 2. The molecule has 1 saturated heterocycles. The summed E-state index contributed by atoms with van der Waals surface area (Å²) >= 11 is 0.904. The molecule has 0 spiro atoms. The lowest BCUT2D eigenvalue weighted by molar-refractivity contribution is -0.141. The summed E-state index contributed by atoms with van der Waals surface area (Å²) in [4.78, 5) is 40.9. The Bertz CT molecular complexity index is 1280. The predicted octanol–water partition coefficient (Wildman–Crippen LogP) is 4.44. The normalized spacial score (nSPS) is 18.1. The monoisotopic (exact) mass is 499 g/mol. The van der Waals surface area contributed by atoms with E-state index in [-0.39, 0.29) is 23.4 Å². The Morgan fingerprint density at radius 3 is 2.37 bits per heavy atom. The van der Waals surface area contributed by atoms with Gasteiger partial charge in [0.1, 0.15) is 18.3 Å². The quantitative estimate of drug-likeness (QED) is 0.537. The van der Waals surface area contributed by atoms with E-state index < -0.39 is 42.9 Å². The van der Waals surface area contributed by atoms with Crippen LogP contribution in [0.1, 0.15) is 34.0 Å². The molecule has 2 N–H and O–H groups in total. The van der Waals surface area contributed by atoms with Crippen LogP contribution in [-0.4, -0.2) is 58.1 Å². The van der Waals surface area contributed by atoms with Crippen molar-refractivity contribution < 1.29 is 33.0 Å². The fourth-order valence-electron chi connectivity index (χ4n) is 4.55. The average molecular weight is 499 g/mol. The minimum Gasteiger partial charge on any atom is -0.480 e. The van der Waals surface area contributed by atoms with Gasteiger partial charge in [-0.15, -0.1) is 11.3 Å². The minimum atomic E-state index is -3.29. The zero-order valence-corrected chi connectivity index (χ0v) is 18.9. The first-order valence-corrected chi connectivity index (χ1v) is 11.6. The number of rotatable bonds is 5. The van der Waals surface area contributed by atoms with Crippen LogP contribution < -0.4 is 5.32 Å². The first-order chi connectivity index (χ1) is 16.7. The van der Waals surface area contributed by atoms with Gasteiger partial charge in [0.05, 0.1) is 6.54 Å². The van der Waals surface area contributed by atoms with Crippen molar-refractivity contribution in [3.8, 4) is 11.1 Å². The molecule has 1 aliphatic heterocycles. The van der Waals surface area contributed by atoms with Crippen LogP contribution in [0.3, 0.4) is 0 Å². The van der Waals surface area contributed by atoms with E-state index in [1.54, 1.807) is 0 Å². The molecule has 0 unspecified atom stereocenters. The standard InChI is InChI=1S/C24H19F2N3O5S/c25-24(26)9-19(21(31)32)29(12-24)20(30)18-11-35-22(27-18)28-23(33)34-10-17-15-7-3-1-5-13(15)14-6-2-4-8-16(14)17/h1-8,11,17,19H,9-10,12H2,(H,31,32)(H,27,28,33)/t19-/m0/s1. The maximum atomic E-state index is 13.7. The lowest BCUT2D eigenvalue weighted by Gasteiger charge is -2.19. The van der Waals surface area contributed by atoms with Crippen LogP contribution >= 0.6 is 11.3 Å². The van der Waals surface area contributed by atoms with Gasteiger partial charge in [-0.05, 0) is 22.3 Å². The SMILES string of the molecule is O=C(Nc1nc(C(=O)N2CC(F)(F)C[C@H]2C(=O)O)cs1)OCC1c2ccccc2-c2ccccc21. The third-order valence-corrected chi connectivity index (χ3v) is 6.85. The molecule has 8 nitrogen and oxygen atoms in total. The molecule has 1 atom stereocenters. The summed E-state index contributed by atoms with van der Waals surface area (Å²) in [5, 5.41) is 12.9. The van der Waals surface area contributed by atoms with Gasteiger partial charge in [-0.25, -0.2) is 23.4 Å². The van der Waals surface area contributed by atoms with Gasteiger partial charge in [0.2, 0.25) is 0 Å². The van der Waals surface area contributed by atoms with Crippen molar-refractivity contribution in [1.29, 1.82) is 0 Å². The Hall–Kier alpha value is -3.86. The number of halogens is 2. The zero-order valence-electron chi connectivity index (χ0n) is 18.1. The number of thiazole rings is 1. The molecule has 11 heteroatoms. The molecule has 35 heavy (non-hydrogen) atoms. The Morgan fingerprint density at radius 2 is 1.74 bits per heavy atom. The number of anilines is 1. The second-order valence-corrected chi connectivity index (χ2v) is 9.19. The number of benzene rings is 2. The van der Waals surface area contributed by atoms with E-state index in [1.807, 2.05) is 48.5 Å². The number of aromatic nitrogens is 1. The van der Waals surface area contributed by atoms with Gasteiger partial charge < -0.3 is 14.7 Å². The Labute approximate surface area is 202 Å².